The first-order chi connectivity index (χ1) is 10.0. The lowest BCUT2D eigenvalue weighted by Gasteiger charge is -2.14. The van der Waals surface area contributed by atoms with E-state index in [1.165, 1.54) is 12.1 Å². The van der Waals surface area contributed by atoms with Gasteiger partial charge in [0.05, 0.1) is 27.3 Å². The fourth-order valence-corrected chi connectivity index (χ4v) is 2.90. The zero-order valence-electron chi connectivity index (χ0n) is 10.8. The van der Waals surface area contributed by atoms with Crippen molar-refractivity contribution in [3.63, 3.8) is 0 Å². The molecule has 0 aliphatic carbocycles. The Morgan fingerprint density at radius 2 is 1.86 bits per heavy atom. The highest BCUT2D eigenvalue weighted by Crippen LogP contribution is 2.33. The Bertz CT molecular complexity index is 693. The molecule has 6 heteroatoms. The minimum atomic E-state index is -0.251. The van der Waals surface area contributed by atoms with Crippen molar-refractivity contribution in [2.45, 2.75) is 12.5 Å². The molecule has 0 saturated heterocycles. The van der Waals surface area contributed by atoms with Crippen LogP contribution in [0.3, 0.4) is 0 Å². The van der Waals surface area contributed by atoms with Gasteiger partial charge in [-0.05, 0) is 30.3 Å². The van der Waals surface area contributed by atoms with Crippen LogP contribution < -0.4 is 10.1 Å². The predicted molar refractivity (Wildman–Crippen MR) is 84.5 cm³/mol. The molecule has 0 radical (unpaired) electrons. The van der Waals surface area contributed by atoms with Crippen molar-refractivity contribution in [2.75, 3.05) is 11.9 Å². The van der Waals surface area contributed by atoms with Crippen LogP contribution in [-0.4, -0.2) is 12.6 Å². The number of anilines is 1. The molecular weight excluding hydrogens is 336 g/mol. The number of hydrogen-bond donors (Lipinski definition) is 1. The van der Waals surface area contributed by atoms with Gasteiger partial charge in [0.1, 0.15) is 17.7 Å². The van der Waals surface area contributed by atoms with E-state index in [0.29, 0.717) is 33.7 Å². The average molecular weight is 347 g/mol. The van der Waals surface area contributed by atoms with Crippen LogP contribution in [0.5, 0.6) is 5.75 Å². The zero-order chi connectivity index (χ0) is 15.0. The van der Waals surface area contributed by atoms with Crippen LogP contribution in [-0.2, 0) is 6.42 Å². The van der Waals surface area contributed by atoms with Gasteiger partial charge >= 0.3 is 0 Å². The van der Waals surface area contributed by atoms with Gasteiger partial charge in [-0.2, -0.15) is 0 Å². The summed E-state index contributed by atoms with van der Waals surface area (Å²) in [6.07, 6.45) is 0.575. The molecule has 1 atom stereocenters. The Kier molecular flexibility index (Phi) is 4.16. The van der Waals surface area contributed by atoms with Crippen molar-refractivity contribution < 1.29 is 9.13 Å². The second-order valence-corrected chi connectivity index (χ2v) is 6.04. The van der Waals surface area contributed by atoms with E-state index in [0.717, 1.165) is 11.3 Å². The average Bonchev–Trinajstić information content (AvgIpc) is 2.83. The predicted octanol–water partition coefficient (Wildman–Crippen LogP) is 5.20. The Morgan fingerprint density at radius 3 is 2.67 bits per heavy atom. The zero-order valence-corrected chi connectivity index (χ0v) is 13.1. The van der Waals surface area contributed by atoms with Crippen LogP contribution in [0.25, 0.3) is 0 Å². The summed E-state index contributed by atoms with van der Waals surface area (Å²) < 4.78 is 18.9. The minimum absolute atomic E-state index is 0.0766. The maximum absolute atomic E-state index is 13.2. The van der Waals surface area contributed by atoms with E-state index in [4.69, 9.17) is 39.5 Å². The van der Waals surface area contributed by atoms with Crippen molar-refractivity contribution in [2.24, 2.45) is 0 Å². The van der Waals surface area contributed by atoms with Gasteiger partial charge in [-0.1, -0.05) is 34.8 Å². The number of rotatable bonds is 3. The summed E-state index contributed by atoms with van der Waals surface area (Å²) in [4.78, 5) is 0. The Hall–Kier alpha value is -1.16. The molecule has 1 aliphatic rings. The molecule has 0 saturated carbocycles. The molecule has 0 aromatic heterocycles. The topological polar surface area (TPSA) is 21.3 Å². The summed E-state index contributed by atoms with van der Waals surface area (Å²) in [7, 11) is 0. The Balaban J connectivity index is 1.66. The number of nitrogens with one attached hydrogen (secondary N) is 1. The fourth-order valence-electron chi connectivity index (χ4n) is 2.28. The van der Waals surface area contributed by atoms with E-state index in [2.05, 4.69) is 5.32 Å². The second-order valence-electron chi connectivity index (χ2n) is 4.82. The van der Waals surface area contributed by atoms with Crippen LogP contribution in [0, 0.1) is 5.82 Å². The molecule has 2 aromatic carbocycles. The fraction of sp³-hybridized carbons (Fsp3) is 0.200. The summed E-state index contributed by atoms with van der Waals surface area (Å²) >= 11 is 18.0. The largest absolute Gasteiger partial charge is 0.488 e. The van der Waals surface area contributed by atoms with Crippen molar-refractivity contribution in [1.82, 2.24) is 0 Å². The van der Waals surface area contributed by atoms with Gasteiger partial charge in [0, 0.05) is 12.0 Å². The van der Waals surface area contributed by atoms with Gasteiger partial charge < -0.3 is 10.1 Å². The molecule has 21 heavy (non-hydrogen) atoms. The molecule has 1 aliphatic heterocycles. The van der Waals surface area contributed by atoms with Gasteiger partial charge in [0.15, 0.2) is 0 Å². The SMILES string of the molecule is Fc1ccc2c(c1)CC(CNc1cc(Cl)c(Cl)cc1Cl)O2. The van der Waals surface area contributed by atoms with Crippen LogP contribution in [0.2, 0.25) is 15.1 Å². The number of hydrogen-bond acceptors (Lipinski definition) is 2. The Labute approximate surface area is 136 Å². The van der Waals surface area contributed by atoms with Crippen molar-refractivity contribution in [1.29, 1.82) is 0 Å². The summed E-state index contributed by atoms with van der Waals surface area (Å²) in [5, 5.41) is 4.51. The third-order valence-corrected chi connectivity index (χ3v) is 4.33. The van der Waals surface area contributed by atoms with Crippen LogP contribution >= 0.6 is 34.8 Å². The minimum Gasteiger partial charge on any atom is -0.488 e. The quantitative estimate of drug-likeness (QED) is 0.771. The van der Waals surface area contributed by atoms with Crippen LogP contribution in [0.15, 0.2) is 30.3 Å². The molecule has 1 N–H and O–H groups in total. The monoisotopic (exact) mass is 345 g/mol. The van der Waals surface area contributed by atoms with Crippen molar-refractivity contribution >= 4 is 40.5 Å². The standard InChI is InChI=1S/C15H11Cl3FNO/c16-11-5-13(18)14(6-12(11)17)20-7-10-4-8-3-9(19)1-2-15(8)21-10/h1-3,5-6,10,20H,4,7H2. The van der Waals surface area contributed by atoms with Gasteiger partial charge in [-0.25, -0.2) is 4.39 Å². The molecule has 3 rings (SSSR count). The molecule has 0 bridgehead atoms. The summed E-state index contributed by atoms with van der Waals surface area (Å²) in [5.74, 6) is 0.474. The van der Waals surface area contributed by atoms with Gasteiger partial charge in [-0.15, -0.1) is 0 Å². The summed E-state index contributed by atoms with van der Waals surface area (Å²) in [6, 6.07) is 7.81. The first kappa shape index (κ1) is 14.8. The number of fused-ring (bicyclic) bond motifs is 1. The second kappa shape index (κ2) is 5.91. The molecule has 0 amide bonds. The van der Waals surface area contributed by atoms with Crippen molar-refractivity contribution in [3.05, 3.63) is 56.8 Å². The van der Waals surface area contributed by atoms with E-state index >= 15 is 0 Å². The summed E-state index contributed by atoms with van der Waals surface area (Å²) in [6.45, 7) is 0.536. The molecular formula is C15H11Cl3FNO. The lowest BCUT2D eigenvalue weighted by Crippen LogP contribution is -2.24. The van der Waals surface area contributed by atoms with E-state index in [1.54, 1.807) is 18.2 Å². The first-order valence-corrected chi connectivity index (χ1v) is 7.50. The maximum atomic E-state index is 13.2. The van der Waals surface area contributed by atoms with Crippen LogP contribution in [0.1, 0.15) is 5.56 Å². The van der Waals surface area contributed by atoms with E-state index in [-0.39, 0.29) is 11.9 Å². The molecule has 2 nitrogen and oxygen atoms in total. The number of halogens is 4. The maximum Gasteiger partial charge on any atom is 0.123 e. The normalized spacial score (nSPS) is 16.5. The first-order valence-electron chi connectivity index (χ1n) is 6.36. The van der Waals surface area contributed by atoms with Gasteiger partial charge in [-0.3, -0.25) is 0 Å². The van der Waals surface area contributed by atoms with E-state index in [1.807, 2.05) is 0 Å². The smallest absolute Gasteiger partial charge is 0.123 e. The number of benzene rings is 2. The molecule has 0 spiro atoms. The molecule has 1 heterocycles. The van der Waals surface area contributed by atoms with Crippen molar-refractivity contribution in [3.8, 4) is 5.75 Å². The molecule has 1 unspecified atom stereocenters. The Morgan fingerprint density at radius 1 is 1.10 bits per heavy atom. The highest BCUT2D eigenvalue weighted by Gasteiger charge is 2.23. The summed E-state index contributed by atoms with van der Waals surface area (Å²) in [5.41, 5.74) is 1.57. The molecule has 2 aromatic rings. The van der Waals surface area contributed by atoms with E-state index < -0.39 is 0 Å². The van der Waals surface area contributed by atoms with Gasteiger partial charge in [0.2, 0.25) is 0 Å². The van der Waals surface area contributed by atoms with E-state index in [9.17, 15) is 4.39 Å². The third kappa shape index (κ3) is 3.20. The molecule has 0 fully saturated rings. The lowest BCUT2D eigenvalue weighted by atomic mass is 10.1. The highest BCUT2D eigenvalue weighted by atomic mass is 35.5. The molecule has 110 valence electrons. The van der Waals surface area contributed by atoms with Crippen LogP contribution in [0.4, 0.5) is 10.1 Å². The third-order valence-electron chi connectivity index (χ3n) is 3.29. The highest BCUT2D eigenvalue weighted by molar-refractivity contribution is 6.44. The van der Waals surface area contributed by atoms with Gasteiger partial charge in [0.25, 0.3) is 0 Å². The lowest BCUT2D eigenvalue weighted by molar-refractivity contribution is 0.246. The number of ether oxygens (including phenoxy) is 1.